The monoisotopic (exact) mass is 433 g/mol. The predicted molar refractivity (Wildman–Crippen MR) is 118 cm³/mol. The van der Waals surface area contributed by atoms with Gasteiger partial charge in [0.1, 0.15) is 12.4 Å². The molecular weight excluding hydrogens is 414 g/mol. The molecule has 0 aliphatic heterocycles. The Balaban J connectivity index is 1.43. The number of aromatic nitrogens is 2. The molecule has 0 unspecified atom stereocenters. The summed E-state index contributed by atoms with van der Waals surface area (Å²) in [5.74, 6) is 0.874. The Morgan fingerprint density at radius 2 is 1.90 bits per heavy atom. The lowest BCUT2D eigenvalue weighted by molar-refractivity contribution is 0.0941. The molecule has 156 valence electrons. The zero-order chi connectivity index (χ0) is 21.6. The van der Waals surface area contributed by atoms with Crippen LogP contribution in [-0.2, 0) is 13.2 Å². The van der Waals surface area contributed by atoms with Crippen LogP contribution < -0.4 is 10.1 Å². The van der Waals surface area contributed by atoms with Gasteiger partial charge in [0, 0.05) is 10.6 Å². The number of nitrogens with zero attached hydrogens (tertiary/aromatic N) is 2. The summed E-state index contributed by atoms with van der Waals surface area (Å²) in [6, 6.07) is 22.5. The van der Waals surface area contributed by atoms with Crippen LogP contribution in [0.5, 0.6) is 5.75 Å². The third-order valence-electron chi connectivity index (χ3n) is 4.57. The number of hydrogen-bond donors (Lipinski definition) is 1. The molecule has 0 saturated heterocycles. The van der Waals surface area contributed by atoms with Crippen LogP contribution in [0.1, 0.15) is 27.4 Å². The van der Waals surface area contributed by atoms with Crippen LogP contribution in [0.15, 0.2) is 77.3 Å². The lowest BCUT2D eigenvalue weighted by Gasteiger charge is -2.12. The van der Waals surface area contributed by atoms with Gasteiger partial charge >= 0.3 is 0 Å². The summed E-state index contributed by atoms with van der Waals surface area (Å²) in [6.45, 7) is 2.42. The molecule has 1 heterocycles. The van der Waals surface area contributed by atoms with Crippen molar-refractivity contribution in [1.29, 1.82) is 0 Å². The molecule has 0 spiro atoms. The molecule has 1 aromatic heterocycles. The van der Waals surface area contributed by atoms with Crippen LogP contribution in [0.25, 0.3) is 11.4 Å². The zero-order valence-electron chi connectivity index (χ0n) is 16.8. The molecule has 7 heteroatoms. The number of aryl methyl sites for hydroxylation is 1. The molecule has 0 bridgehead atoms. The highest BCUT2D eigenvalue weighted by molar-refractivity contribution is 6.31. The van der Waals surface area contributed by atoms with Gasteiger partial charge in [0.25, 0.3) is 5.91 Å². The van der Waals surface area contributed by atoms with E-state index in [1.165, 1.54) is 0 Å². The summed E-state index contributed by atoms with van der Waals surface area (Å²) >= 11 is 6.10. The van der Waals surface area contributed by atoms with Gasteiger partial charge in [-0.2, -0.15) is 4.98 Å². The standard InChI is InChI=1S/C24H20ClN3O3/c1-16-6-5-9-18(12-16)23-27-22(31-28-23)14-26-24(29)20-13-19(25)10-11-21(20)30-15-17-7-3-2-4-8-17/h2-13H,14-15H2,1H3,(H,26,29). The highest BCUT2D eigenvalue weighted by Gasteiger charge is 2.16. The average Bonchev–Trinajstić information content (AvgIpc) is 3.26. The van der Waals surface area contributed by atoms with E-state index in [1.807, 2.05) is 61.5 Å². The molecule has 31 heavy (non-hydrogen) atoms. The Kier molecular flexibility index (Phi) is 6.29. The Morgan fingerprint density at radius 1 is 1.06 bits per heavy atom. The number of carbonyl (C=O) groups excluding carboxylic acids is 1. The normalized spacial score (nSPS) is 10.6. The van der Waals surface area contributed by atoms with Crippen molar-refractivity contribution in [3.05, 3.63) is 100 Å². The first kappa shape index (κ1) is 20.6. The van der Waals surface area contributed by atoms with E-state index in [0.717, 1.165) is 16.7 Å². The fourth-order valence-corrected chi connectivity index (χ4v) is 3.19. The second-order valence-electron chi connectivity index (χ2n) is 6.98. The lowest BCUT2D eigenvalue weighted by atomic mass is 10.1. The predicted octanol–water partition coefficient (Wildman–Crippen LogP) is 5.21. The molecule has 1 N–H and O–H groups in total. The minimum Gasteiger partial charge on any atom is -0.488 e. The second-order valence-corrected chi connectivity index (χ2v) is 7.42. The number of carbonyl (C=O) groups is 1. The van der Waals surface area contributed by atoms with Gasteiger partial charge in [0.2, 0.25) is 11.7 Å². The van der Waals surface area contributed by atoms with Crippen molar-refractivity contribution in [2.24, 2.45) is 0 Å². The molecule has 0 saturated carbocycles. The van der Waals surface area contributed by atoms with Gasteiger partial charge in [0.05, 0.1) is 12.1 Å². The summed E-state index contributed by atoms with van der Waals surface area (Å²) in [4.78, 5) is 17.1. The smallest absolute Gasteiger partial charge is 0.255 e. The topological polar surface area (TPSA) is 77.2 Å². The minimum absolute atomic E-state index is 0.0856. The number of benzene rings is 3. The van der Waals surface area contributed by atoms with Gasteiger partial charge in [-0.25, -0.2) is 0 Å². The van der Waals surface area contributed by atoms with Crippen LogP contribution in [0, 0.1) is 6.92 Å². The lowest BCUT2D eigenvalue weighted by Crippen LogP contribution is -2.23. The van der Waals surface area contributed by atoms with E-state index in [4.69, 9.17) is 20.9 Å². The second kappa shape index (κ2) is 9.45. The highest BCUT2D eigenvalue weighted by Crippen LogP contribution is 2.24. The molecule has 6 nitrogen and oxygen atoms in total. The zero-order valence-corrected chi connectivity index (χ0v) is 17.6. The molecule has 4 rings (SSSR count). The average molecular weight is 434 g/mol. The van der Waals surface area contributed by atoms with Crippen LogP contribution in [0.2, 0.25) is 5.02 Å². The quantitative estimate of drug-likeness (QED) is 0.433. The first-order chi connectivity index (χ1) is 15.1. The maximum absolute atomic E-state index is 12.8. The Bertz CT molecular complexity index is 1190. The largest absolute Gasteiger partial charge is 0.488 e. The Morgan fingerprint density at radius 3 is 2.71 bits per heavy atom. The van der Waals surface area contributed by atoms with Crippen LogP contribution in [0.3, 0.4) is 0 Å². The molecule has 4 aromatic rings. The molecule has 0 atom stereocenters. The number of halogens is 1. The Labute approximate surface area is 184 Å². The van der Waals surface area contributed by atoms with E-state index in [0.29, 0.717) is 34.7 Å². The molecule has 0 radical (unpaired) electrons. The summed E-state index contributed by atoms with van der Waals surface area (Å²) in [6.07, 6.45) is 0. The van der Waals surface area contributed by atoms with Crippen molar-refractivity contribution >= 4 is 17.5 Å². The molecular formula is C24H20ClN3O3. The third kappa shape index (κ3) is 5.29. The number of hydrogen-bond acceptors (Lipinski definition) is 5. The molecule has 1 amide bonds. The fraction of sp³-hybridized carbons (Fsp3) is 0.125. The van der Waals surface area contributed by atoms with Gasteiger partial charge in [-0.05, 0) is 36.8 Å². The maximum Gasteiger partial charge on any atom is 0.255 e. The fourth-order valence-electron chi connectivity index (χ4n) is 3.02. The molecule has 3 aromatic carbocycles. The van der Waals surface area contributed by atoms with Gasteiger partial charge in [-0.1, -0.05) is 70.9 Å². The maximum atomic E-state index is 12.8. The van der Waals surface area contributed by atoms with Gasteiger partial charge in [0.15, 0.2) is 0 Å². The molecule has 0 aliphatic carbocycles. The van der Waals surface area contributed by atoms with E-state index in [9.17, 15) is 4.79 Å². The van der Waals surface area contributed by atoms with Crippen LogP contribution >= 0.6 is 11.6 Å². The number of amides is 1. The summed E-state index contributed by atoms with van der Waals surface area (Å²) in [5, 5.41) is 7.21. The van der Waals surface area contributed by atoms with Crippen molar-refractivity contribution in [1.82, 2.24) is 15.5 Å². The van der Waals surface area contributed by atoms with E-state index in [-0.39, 0.29) is 12.5 Å². The SMILES string of the molecule is Cc1cccc(-c2noc(CNC(=O)c3cc(Cl)ccc3OCc3ccccc3)n2)c1. The van der Waals surface area contributed by atoms with E-state index >= 15 is 0 Å². The first-order valence-electron chi connectivity index (χ1n) is 9.72. The van der Waals surface area contributed by atoms with Gasteiger partial charge in [-0.15, -0.1) is 0 Å². The van der Waals surface area contributed by atoms with Crippen molar-refractivity contribution in [3.8, 4) is 17.1 Å². The summed E-state index contributed by atoms with van der Waals surface area (Å²) in [5.41, 5.74) is 3.29. The van der Waals surface area contributed by atoms with Crippen molar-refractivity contribution < 1.29 is 14.1 Å². The summed E-state index contributed by atoms with van der Waals surface area (Å²) in [7, 11) is 0. The Hall–Kier alpha value is -3.64. The number of rotatable bonds is 7. The van der Waals surface area contributed by atoms with Crippen LogP contribution in [0.4, 0.5) is 0 Å². The number of nitrogens with one attached hydrogen (secondary N) is 1. The number of ether oxygens (including phenoxy) is 1. The van der Waals surface area contributed by atoms with Crippen molar-refractivity contribution in [2.45, 2.75) is 20.1 Å². The van der Waals surface area contributed by atoms with Crippen molar-refractivity contribution in [2.75, 3.05) is 0 Å². The van der Waals surface area contributed by atoms with E-state index in [1.54, 1.807) is 18.2 Å². The van der Waals surface area contributed by atoms with E-state index in [2.05, 4.69) is 15.5 Å². The molecule has 0 fully saturated rings. The minimum atomic E-state index is -0.346. The third-order valence-corrected chi connectivity index (χ3v) is 4.80. The van der Waals surface area contributed by atoms with Crippen LogP contribution in [-0.4, -0.2) is 16.0 Å². The molecule has 0 aliphatic rings. The summed E-state index contributed by atoms with van der Waals surface area (Å²) < 4.78 is 11.1. The van der Waals surface area contributed by atoms with Crippen molar-refractivity contribution in [3.63, 3.8) is 0 Å². The van der Waals surface area contributed by atoms with Gasteiger partial charge < -0.3 is 14.6 Å². The first-order valence-corrected chi connectivity index (χ1v) is 10.1. The van der Waals surface area contributed by atoms with Gasteiger partial charge in [-0.3, -0.25) is 4.79 Å². The highest BCUT2D eigenvalue weighted by atomic mass is 35.5. The van der Waals surface area contributed by atoms with E-state index < -0.39 is 0 Å².